The SMILES string of the molecule is O=C(OC1C2CC3C1OS(=O)(=O)C3C2C(=O)[O-])c1cc(Br)cc(Br)c1Br. The molecule has 6 atom stereocenters. The summed E-state index contributed by atoms with van der Waals surface area (Å²) in [4.78, 5) is 24.2. The molecule has 1 saturated heterocycles. The Kier molecular flexibility index (Phi) is 4.54. The van der Waals surface area contributed by atoms with Crippen LogP contribution in [0.2, 0.25) is 0 Å². The Morgan fingerprint density at radius 3 is 2.54 bits per heavy atom. The molecule has 0 amide bonds. The lowest BCUT2D eigenvalue weighted by Crippen LogP contribution is -2.49. The smallest absolute Gasteiger partial charge is 0.339 e. The van der Waals surface area contributed by atoms with Crippen LogP contribution >= 0.6 is 47.8 Å². The molecule has 3 aliphatic rings. The van der Waals surface area contributed by atoms with Gasteiger partial charge in [-0.1, -0.05) is 15.9 Å². The van der Waals surface area contributed by atoms with Crippen molar-refractivity contribution in [2.75, 3.05) is 0 Å². The number of esters is 1. The Balaban J connectivity index is 1.66. The average Bonchev–Trinajstić information content (AvgIpc) is 3.13. The Morgan fingerprint density at radius 1 is 1.19 bits per heavy atom. The zero-order chi connectivity index (χ0) is 19.0. The highest BCUT2D eigenvalue weighted by molar-refractivity contribution is 9.13. The van der Waals surface area contributed by atoms with Crippen molar-refractivity contribution in [3.05, 3.63) is 31.1 Å². The van der Waals surface area contributed by atoms with E-state index in [1.54, 1.807) is 12.1 Å². The van der Waals surface area contributed by atoms with Gasteiger partial charge in [-0.15, -0.1) is 0 Å². The molecule has 3 fully saturated rings. The summed E-state index contributed by atoms with van der Waals surface area (Å²) in [5.74, 6) is -4.53. The highest BCUT2D eigenvalue weighted by atomic mass is 79.9. The first-order valence-corrected chi connectivity index (χ1v) is 11.5. The highest BCUT2D eigenvalue weighted by Crippen LogP contribution is 2.58. The molecular formula is C15H10Br3O7S-. The van der Waals surface area contributed by atoms with Gasteiger partial charge in [0.25, 0.3) is 10.1 Å². The third kappa shape index (κ3) is 2.69. The van der Waals surface area contributed by atoms with Crippen molar-refractivity contribution in [3.8, 4) is 0 Å². The van der Waals surface area contributed by atoms with Crippen LogP contribution in [0.3, 0.4) is 0 Å². The number of hydrogen-bond donors (Lipinski definition) is 0. The number of halogens is 3. The van der Waals surface area contributed by atoms with E-state index in [-0.39, 0.29) is 5.56 Å². The van der Waals surface area contributed by atoms with Crippen molar-refractivity contribution < 1.29 is 32.0 Å². The minimum absolute atomic E-state index is 0.219. The zero-order valence-electron chi connectivity index (χ0n) is 12.7. The van der Waals surface area contributed by atoms with Crippen molar-refractivity contribution in [1.82, 2.24) is 0 Å². The third-order valence-corrected chi connectivity index (χ3v) is 9.53. The molecule has 2 bridgehead atoms. The fourth-order valence-electron chi connectivity index (χ4n) is 4.35. The van der Waals surface area contributed by atoms with Crippen LogP contribution in [0.25, 0.3) is 0 Å². The van der Waals surface area contributed by atoms with Crippen molar-refractivity contribution >= 4 is 69.8 Å². The summed E-state index contributed by atoms with van der Waals surface area (Å²) in [5.41, 5.74) is 0.219. The summed E-state index contributed by atoms with van der Waals surface area (Å²) in [6.07, 6.45) is -1.48. The number of carbonyl (C=O) groups excluding carboxylic acids is 2. The maximum atomic E-state index is 12.7. The number of aliphatic carboxylic acids is 1. The maximum absolute atomic E-state index is 12.7. The Bertz CT molecular complexity index is 931. The van der Waals surface area contributed by atoms with E-state index in [4.69, 9.17) is 8.92 Å². The summed E-state index contributed by atoms with van der Waals surface area (Å²) in [7, 11) is -4.02. The van der Waals surface area contributed by atoms with E-state index in [0.29, 0.717) is 19.8 Å². The first-order chi connectivity index (χ1) is 12.1. The van der Waals surface area contributed by atoms with Crippen LogP contribution in [-0.4, -0.2) is 37.8 Å². The third-order valence-electron chi connectivity index (χ3n) is 5.26. The van der Waals surface area contributed by atoms with E-state index in [9.17, 15) is 23.1 Å². The van der Waals surface area contributed by atoms with Crippen molar-refractivity contribution in [2.45, 2.75) is 23.9 Å². The molecule has 6 unspecified atom stereocenters. The lowest BCUT2D eigenvalue weighted by atomic mass is 9.84. The maximum Gasteiger partial charge on any atom is 0.339 e. The largest absolute Gasteiger partial charge is 0.550 e. The van der Waals surface area contributed by atoms with E-state index in [1.807, 2.05) is 0 Å². The quantitative estimate of drug-likeness (QED) is 0.307. The van der Waals surface area contributed by atoms with E-state index in [0.717, 1.165) is 0 Å². The number of ether oxygens (including phenoxy) is 1. The minimum atomic E-state index is -4.02. The predicted molar refractivity (Wildman–Crippen MR) is 96.4 cm³/mol. The number of rotatable bonds is 3. The number of hydrogen-bond acceptors (Lipinski definition) is 7. The van der Waals surface area contributed by atoms with E-state index in [1.165, 1.54) is 0 Å². The Labute approximate surface area is 173 Å². The lowest BCUT2D eigenvalue weighted by Gasteiger charge is -2.31. The monoisotopic (exact) mass is 571 g/mol. The number of benzene rings is 1. The lowest BCUT2D eigenvalue weighted by molar-refractivity contribution is -0.313. The van der Waals surface area contributed by atoms with Crippen LogP contribution in [0.5, 0.6) is 0 Å². The van der Waals surface area contributed by atoms with Crippen molar-refractivity contribution in [1.29, 1.82) is 0 Å². The highest BCUT2D eigenvalue weighted by Gasteiger charge is 2.70. The van der Waals surface area contributed by atoms with Gasteiger partial charge in [0.15, 0.2) is 0 Å². The molecule has 2 aliphatic carbocycles. The molecule has 1 heterocycles. The molecule has 26 heavy (non-hydrogen) atoms. The molecule has 0 spiro atoms. The van der Waals surface area contributed by atoms with Crippen LogP contribution in [0.4, 0.5) is 0 Å². The first-order valence-electron chi connectivity index (χ1n) is 7.60. The van der Waals surface area contributed by atoms with Crippen molar-refractivity contribution in [3.63, 3.8) is 0 Å². The minimum Gasteiger partial charge on any atom is -0.550 e. The standard InChI is InChI=1S/C15H11Br3O7S/c16-4-1-6(10(18)8(17)2-4)15(21)24-11-5-3-7-12(11)25-26(22,23)13(7)9(5)14(19)20/h1-2,5,7,9,11-13H,3H2,(H,19,20)/p-1. The predicted octanol–water partition coefficient (Wildman–Crippen LogP) is 1.61. The van der Waals surface area contributed by atoms with Gasteiger partial charge in [-0.25, -0.2) is 4.79 Å². The summed E-state index contributed by atoms with van der Waals surface area (Å²) < 4.78 is 36.7. The molecule has 0 N–H and O–H groups in total. The van der Waals surface area contributed by atoms with Gasteiger partial charge in [0.05, 0.1) is 5.56 Å². The normalized spacial score (nSPS) is 36.3. The van der Waals surface area contributed by atoms with E-state index < -0.39 is 57.3 Å². The number of carboxylic acids is 1. The first kappa shape index (κ1) is 18.9. The van der Waals surface area contributed by atoms with Gasteiger partial charge >= 0.3 is 5.97 Å². The van der Waals surface area contributed by atoms with Gasteiger partial charge in [0.1, 0.15) is 17.5 Å². The molecule has 1 aromatic carbocycles. The average molecular weight is 574 g/mol. The number of carbonyl (C=O) groups is 2. The topological polar surface area (TPSA) is 110 Å². The Hall–Kier alpha value is -0.490. The van der Waals surface area contributed by atoms with Crippen LogP contribution in [0, 0.1) is 17.8 Å². The number of carboxylic acid groups (broad SMARTS) is 1. The number of fused-ring (bicyclic) bond motifs is 1. The van der Waals surface area contributed by atoms with Crippen LogP contribution in [0.1, 0.15) is 16.8 Å². The molecule has 0 radical (unpaired) electrons. The van der Waals surface area contributed by atoms with E-state index >= 15 is 0 Å². The molecule has 140 valence electrons. The summed E-state index contributed by atoms with van der Waals surface area (Å²) >= 11 is 9.90. The summed E-state index contributed by atoms with van der Waals surface area (Å²) in [6, 6.07) is 3.29. The molecule has 11 heteroatoms. The van der Waals surface area contributed by atoms with Gasteiger partial charge in [-0.2, -0.15) is 8.42 Å². The molecule has 2 saturated carbocycles. The van der Waals surface area contributed by atoms with Gasteiger partial charge in [0, 0.05) is 37.1 Å². The molecule has 4 rings (SSSR count). The fourth-order valence-corrected chi connectivity index (χ4v) is 8.02. The molecular weight excluding hydrogens is 564 g/mol. The second-order valence-electron chi connectivity index (χ2n) is 6.55. The van der Waals surface area contributed by atoms with Gasteiger partial charge in [-0.05, 0) is 50.4 Å². The molecule has 7 nitrogen and oxygen atoms in total. The molecule has 1 aliphatic heterocycles. The Morgan fingerprint density at radius 2 is 1.88 bits per heavy atom. The van der Waals surface area contributed by atoms with Crippen LogP contribution in [0.15, 0.2) is 25.6 Å². The second-order valence-corrected chi connectivity index (χ2v) is 10.8. The van der Waals surface area contributed by atoms with Crippen LogP contribution in [-0.2, 0) is 23.8 Å². The van der Waals surface area contributed by atoms with Crippen molar-refractivity contribution in [2.24, 2.45) is 17.8 Å². The summed E-state index contributed by atoms with van der Waals surface area (Å²) in [5, 5.41) is 10.4. The van der Waals surface area contributed by atoms with Crippen LogP contribution < -0.4 is 5.11 Å². The van der Waals surface area contributed by atoms with Gasteiger partial charge in [0.2, 0.25) is 0 Å². The van der Waals surface area contributed by atoms with Gasteiger partial charge < -0.3 is 14.6 Å². The second kappa shape index (κ2) is 6.26. The van der Waals surface area contributed by atoms with Gasteiger partial charge in [-0.3, -0.25) is 4.18 Å². The summed E-state index contributed by atoms with van der Waals surface area (Å²) in [6.45, 7) is 0. The molecule has 1 aromatic rings. The molecule has 0 aromatic heterocycles. The zero-order valence-corrected chi connectivity index (χ0v) is 18.3. The van der Waals surface area contributed by atoms with E-state index in [2.05, 4.69) is 47.8 Å². The fraction of sp³-hybridized carbons (Fsp3) is 0.467.